The molecule has 0 bridgehead atoms. The van der Waals surface area contributed by atoms with Gasteiger partial charge in [0.25, 0.3) is 0 Å². The number of hydrogen-bond acceptors (Lipinski definition) is 0. The fourth-order valence-corrected chi connectivity index (χ4v) is 2.77. The standard InChI is InChI=1S/C10H21P/c1-4-10(6-5-7-10)8-9(2)11-3/h9,11H,4-8H2,1-3H3/t9-/m0/s1. The first-order chi connectivity index (χ1) is 5.22. The third-order valence-electron chi connectivity index (χ3n) is 3.40. The maximum atomic E-state index is 2.41. The van der Waals surface area contributed by atoms with E-state index in [4.69, 9.17) is 0 Å². The Morgan fingerprint density at radius 2 is 2.09 bits per heavy atom. The van der Waals surface area contributed by atoms with E-state index in [1.165, 1.54) is 32.1 Å². The highest BCUT2D eigenvalue weighted by Crippen LogP contribution is 2.49. The first-order valence-corrected chi connectivity index (χ1v) is 6.47. The maximum absolute atomic E-state index is 2.41. The van der Waals surface area contributed by atoms with Crippen LogP contribution in [0, 0.1) is 5.41 Å². The van der Waals surface area contributed by atoms with E-state index in [1.807, 2.05) is 0 Å². The fourth-order valence-electron chi connectivity index (χ4n) is 2.13. The highest BCUT2D eigenvalue weighted by atomic mass is 31.1. The molecule has 1 rings (SSSR count). The van der Waals surface area contributed by atoms with Gasteiger partial charge in [-0.3, -0.25) is 0 Å². The van der Waals surface area contributed by atoms with Gasteiger partial charge in [-0.2, -0.15) is 0 Å². The molecule has 1 unspecified atom stereocenters. The Morgan fingerprint density at radius 1 is 1.45 bits per heavy atom. The second-order valence-corrected chi connectivity index (χ2v) is 5.66. The molecule has 11 heavy (non-hydrogen) atoms. The van der Waals surface area contributed by atoms with E-state index >= 15 is 0 Å². The summed E-state index contributed by atoms with van der Waals surface area (Å²) in [6, 6.07) is 0. The Morgan fingerprint density at radius 3 is 2.36 bits per heavy atom. The quantitative estimate of drug-likeness (QED) is 0.568. The molecule has 0 nitrogen and oxygen atoms in total. The third-order valence-corrected chi connectivity index (χ3v) is 4.59. The lowest BCUT2D eigenvalue weighted by molar-refractivity contribution is 0.114. The van der Waals surface area contributed by atoms with Gasteiger partial charge in [0.05, 0.1) is 0 Å². The van der Waals surface area contributed by atoms with Crippen molar-refractivity contribution in [2.24, 2.45) is 5.41 Å². The van der Waals surface area contributed by atoms with Crippen molar-refractivity contribution in [3.63, 3.8) is 0 Å². The molecule has 1 aliphatic carbocycles. The van der Waals surface area contributed by atoms with Gasteiger partial charge < -0.3 is 0 Å². The molecular formula is C10H21P. The van der Waals surface area contributed by atoms with Crippen LogP contribution in [0.15, 0.2) is 0 Å². The van der Waals surface area contributed by atoms with Crippen molar-refractivity contribution in [3.8, 4) is 0 Å². The van der Waals surface area contributed by atoms with Crippen LogP contribution in [0.3, 0.4) is 0 Å². The molecule has 0 heterocycles. The van der Waals surface area contributed by atoms with Crippen molar-refractivity contribution in [3.05, 3.63) is 0 Å². The Hall–Kier alpha value is 0.430. The minimum absolute atomic E-state index is 0.794. The van der Waals surface area contributed by atoms with Crippen molar-refractivity contribution >= 4 is 8.58 Å². The van der Waals surface area contributed by atoms with Crippen LogP contribution in [0.1, 0.15) is 46.0 Å². The van der Waals surface area contributed by atoms with Gasteiger partial charge in [-0.1, -0.05) is 26.7 Å². The number of hydrogen-bond donors (Lipinski definition) is 0. The van der Waals surface area contributed by atoms with E-state index < -0.39 is 0 Å². The van der Waals surface area contributed by atoms with Gasteiger partial charge in [0, 0.05) is 0 Å². The van der Waals surface area contributed by atoms with Crippen LogP contribution in [0.4, 0.5) is 0 Å². The van der Waals surface area contributed by atoms with E-state index in [1.54, 1.807) is 0 Å². The highest BCUT2D eigenvalue weighted by Gasteiger charge is 2.35. The zero-order valence-electron chi connectivity index (χ0n) is 8.11. The van der Waals surface area contributed by atoms with E-state index in [9.17, 15) is 0 Å². The van der Waals surface area contributed by atoms with Crippen molar-refractivity contribution in [2.75, 3.05) is 6.66 Å². The average molecular weight is 172 g/mol. The molecule has 0 N–H and O–H groups in total. The van der Waals surface area contributed by atoms with Crippen LogP contribution >= 0.6 is 8.58 Å². The molecule has 2 atom stereocenters. The summed E-state index contributed by atoms with van der Waals surface area (Å²) in [6.45, 7) is 7.12. The minimum atomic E-state index is 0.794. The Kier molecular flexibility index (Phi) is 3.37. The molecular weight excluding hydrogens is 151 g/mol. The molecule has 0 aromatic rings. The summed E-state index contributed by atoms with van der Waals surface area (Å²) in [6.07, 6.45) is 7.43. The molecule has 1 heteroatoms. The summed E-state index contributed by atoms with van der Waals surface area (Å²) < 4.78 is 0. The van der Waals surface area contributed by atoms with Crippen LogP contribution in [0.2, 0.25) is 0 Å². The third kappa shape index (κ3) is 2.18. The molecule has 0 radical (unpaired) electrons. The molecule has 0 aromatic carbocycles. The SMILES string of the molecule is CCC1(C[C@H](C)PC)CCC1. The predicted octanol–water partition coefficient (Wildman–Crippen LogP) is 3.65. The molecule has 1 saturated carbocycles. The number of rotatable bonds is 4. The van der Waals surface area contributed by atoms with Gasteiger partial charge in [0.15, 0.2) is 0 Å². The van der Waals surface area contributed by atoms with Crippen molar-refractivity contribution in [1.82, 2.24) is 0 Å². The molecule has 1 aliphatic rings. The van der Waals surface area contributed by atoms with Gasteiger partial charge in [0.2, 0.25) is 0 Å². The topological polar surface area (TPSA) is 0 Å². The second-order valence-electron chi connectivity index (χ2n) is 4.10. The molecule has 0 spiro atoms. The average Bonchev–Trinajstić information content (AvgIpc) is 1.96. The van der Waals surface area contributed by atoms with Crippen molar-refractivity contribution < 1.29 is 0 Å². The van der Waals surface area contributed by atoms with Gasteiger partial charge in [0.1, 0.15) is 0 Å². The highest BCUT2D eigenvalue weighted by molar-refractivity contribution is 7.37. The Balaban J connectivity index is 2.32. The van der Waals surface area contributed by atoms with Crippen molar-refractivity contribution in [1.29, 1.82) is 0 Å². The van der Waals surface area contributed by atoms with Crippen LogP contribution in [-0.4, -0.2) is 12.3 Å². The zero-order chi connectivity index (χ0) is 8.32. The van der Waals surface area contributed by atoms with Gasteiger partial charge >= 0.3 is 0 Å². The van der Waals surface area contributed by atoms with Crippen LogP contribution < -0.4 is 0 Å². The van der Waals surface area contributed by atoms with E-state index in [0.717, 1.165) is 19.7 Å². The minimum Gasteiger partial charge on any atom is -0.122 e. The molecule has 0 aliphatic heterocycles. The normalized spacial score (nSPS) is 25.4. The summed E-state index contributed by atoms with van der Waals surface area (Å²) in [5, 5.41) is 0. The van der Waals surface area contributed by atoms with Gasteiger partial charge in [-0.15, -0.1) is 8.58 Å². The second kappa shape index (κ2) is 3.90. The maximum Gasteiger partial charge on any atom is -0.0262 e. The zero-order valence-corrected chi connectivity index (χ0v) is 9.11. The van der Waals surface area contributed by atoms with Crippen molar-refractivity contribution in [2.45, 2.75) is 51.6 Å². The van der Waals surface area contributed by atoms with Gasteiger partial charge in [-0.05, 0) is 37.0 Å². The summed E-state index contributed by atoms with van der Waals surface area (Å²) in [5.41, 5.74) is 1.78. The molecule has 1 fully saturated rings. The summed E-state index contributed by atoms with van der Waals surface area (Å²) in [4.78, 5) is 0. The smallest absolute Gasteiger partial charge is 0.0262 e. The molecule has 0 saturated heterocycles. The Bertz CT molecular complexity index is 111. The lowest BCUT2D eigenvalue weighted by Crippen LogP contribution is -2.30. The fraction of sp³-hybridized carbons (Fsp3) is 1.00. The van der Waals surface area contributed by atoms with Gasteiger partial charge in [-0.25, -0.2) is 0 Å². The summed E-state index contributed by atoms with van der Waals surface area (Å²) in [5.74, 6) is 0. The molecule has 0 amide bonds. The van der Waals surface area contributed by atoms with Crippen LogP contribution in [0.25, 0.3) is 0 Å². The lowest BCUT2D eigenvalue weighted by atomic mass is 9.64. The molecule has 0 aromatic heterocycles. The Labute approximate surface area is 72.9 Å². The largest absolute Gasteiger partial charge is 0.122 e. The van der Waals surface area contributed by atoms with Crippen LogP contribution in [-0.2, 0) is 0 Å². The summed E-state index contributed by atoms with van der Waals surface area (Å²) in [7, 11) is 1.15. The van der Waals surface area contributed by atoms with E-state index in [2.05, 4.69) is 20.5 Å². The lowest BCUT2D eigenvalue weighted by Gasteiger charge is -2.43. The van der Waals surface area contributed by atoms with Crippen LogP contribution in [0.5, 0.6) is 0 Å². The monoisotopic (exact) mass is 172 g/mol. The van der Waals surface area contributed by atoms with E-state index in [-0.39, 0.29) is 0 Å². The first-order valence-electron chi connectivity index (χ1n) is 4.90. The van der Waals surface area contributed by atoms with E-state index in [0.29, 0.717) is 0 Å². The molecule has 66 valence electrons. The first kappa shape index (κ1) is 9.52. The summed E-state index contributed by atoms with van der Waals surface area (Å²) >= 11 is 0. The predicted molar refractivity (Wildman–Crippen MR) is 54.9 cm³/mol.